The molecule has 0 saturated carbocycles. The van der Waals surface area contributed by atoms with E-state index in [0.717, 1.165) is 11.1 Å². The van der Waals surface area contributed by atoms with Gasteiger partial charge in [-0.15, -0.1) is 0 Å². The number of esters is 1. The minimum absolute atomic E-state index is 0.258. The second kappa shape index (κ2) is 8.85. The van der Waals surface area contributed by atoms with E-state index in [2.05, 4.69) is 22.0 Å². The molecule has 0 aliphatic heterocycles. The summed E-state index contributed by atoms with van der Waals surface area (Å²) in [5.41, 5.74) is 3.73. The van der Waals surface area contributed by atoms with Crippen molar-refractivity contribution in [3.05, 3.63) is 63.1 Å². The molecule has 2 rings (SSSR count). The summed E-state index contributed by atoms with van der Waals surface area (Å²) >= 11 is 3.32. The first-order chi connectivity index (χ1) is 12.3. The Hall–Kier alpha value is -2.34. The fraction of sp³-hybridized carbons (Fsp3) is 0.300. The Morgan fingerprint density at radius 1 is 1.12 bits per heavy atom. The Labute approximate surface area is 162 Å². The Morgan fingerprint density at radius 2 is 1.85 bits per heavy atom. The number of hydrogen-bond acceptors (Lipinski definition) is 4. The first kappa shape index (κ1) is 20.0. The Morgan fingerprint density at radius 3 is 2.46 bits per heavy atom. The number of aryl methyl sites for hydroxylation is 2. The quantitative estimate of drug-likeness (QED) is 0.666. The summed E-state index contributed by atoms with van der Waals surface area (Å²) in [4.78, 5) is 25.9. The maximum atomic E-state index is 12.2. The highest BCUT2D eigenvalue weighted by Crippen LogP contribution is 2.25. The van der Waals surface area contributed by atoms with Crippen LogP contribution in [0.2, 0.25) is 0 Å². The number of halogens is 1. The molecular formula is C20H22BrNO4. The fourth-order valence-electron chi connectivity index (χ4n) is 2.48. The molecule has 2 aromatic rings. The summed E-state index contributed by atoms with van der Waals surface area (Å²) in [6.45, 7) is 4.21. The highest BCUT2D eigenvalue weighted by atomic mass is 79.9. The van der Waals surface area contributed by atoms with E-state index in [1.54, 1.807) is 37.3 Å². The van der Waals surface area contributed by atoms with Crippen LogP contribution in [-0.2, 0) is 16.1 Å². The monoisotopic (exact) mass is 419 g/mol. The number of carbonyl (C=O) groups excluding carboxylic acids is 2. The molecular weight excluding hydrogens is 398 g/mol. The van der Waals surface area contributed by atoms with Crippen molar-refractivity contribution < 1.29 is 19.1 Å². The number of rotatable bonds is 6. The van der Waals surface area contributed by atoms with Crippen LogP contribution in [0.1, 0.15) is 27.0 Å². The summed E-state index contributed by atoms with van der Waals surface area (Å²) in [5, 5.41) is 0. The van der Waals surface area contributed by atoms with Gasteiger partial charge < -0.3 is 14.4 Å². The smallest absolute Gasteiger partial charge is 0.338 e. The van der Waals surface area contributed by atoms with Crippen molar-refractivity contribution in [2.45, 2.75) is 20.4 Å². The summed E-state index contributed by atoms with van der Waals surface area (Å²) in [5.74, 6) is -0.196. The minimum Gasteiger partial charge on any atom is -0.496 e. The highest BCUT2D eigenvalue weighted by molar-refractivity contribution is 9.10. The molecule has 0 heterocycles. The van der Waals surface area contributed by atoms with Crippen molar-refractivity contribution in [2.24, 2.45) is 0 Å². The van der Waals surface area contributed by atoms with Crippen LogP contribution < -0.4 is 4.74 Å². The standard InChI is InChI=1S/C20H22BrNO4/c1-13-5-6-16(14(2)9-13)11-22(3)19(23)12-26-20(24)15-7-8-18(25-4)17(21)10-15/h5-10H,11-12H2,1-4H3. The molecule has 0 aliphatic rings. The molecule has 0 saturated heterocycles. The molecule has 0 atom stereocenters. The Balaban J connectivity index is 1.92. The van der Waals surface area contributed by atoms with Gasteiger partial charge in [0.25, 0.3) is 5.91 Å². The third-order valence-corrected chi connectivity index (χ3v) is 4.67. The van der Waals surface area contributed by atoms with Gasteiger partial charge >= 0.3 is 5.97 Å². The van der Waals surface area contributed by atoms with Crippen LogP contribution in [0.5, 0.6) is 5.75 Å². The molecule has 26 heavy (non-hydrogen) atoms. The van der Waals surface area contributed by atoms with Crippen LogP contribution in [0.3, 0.4) is 0 Å². The van der Waals surface area contributed by atoms with E-state index in [-0.39, 0.29) is 12.5 Å². The number of hydrogen-bond donors (Lipinski definition) is 0. The van der Waals surface area contributed by atoms with E-state index >= 15 is 0 Å². The number of benzene rings is 2. The SMILES string of the molecule is COc1ccc(C(=O)OCC(=O)N(C)Cc2ccc(C)cc2C)cc1Br. The van der Waals surface area contributed by atoms with Crippen LogP contribution in [0, 0.1) is 13.8 Å². The molecule has 0 bridgehead atoms. The average Bonchev–Trinajstić information content (AvgIpc) is 2.61. The summed E-state index contributed by atoms with van der Waals surface area (Å²) in [7, 11) is 3.24. The number of carbonyl (C=O) groups is 2. The predicted octanol–water partition coefficient (Wildman–Crippen LogP) is 3.89. The van der Waals surface area contributed by atoms with E-state index in [4.69, 9.17) is 9.47 Å². The van der Waals surface area contributed by atoms with Crippen LogP contribution in [0.25, 0.3) is 0 Å². The fourth-order valence-corrected chi connectivity index (χ4v) is 3.02. The molecule has 0 N–H and O–H groups in total. The molecule has 0 spiro atoms. The van der Waals surface area contributed by atoms with Gasteiger partial charge in [0, 0.05) is 13.6 Å². The molecule has 0 radical (unpaired) electrons. The van der Waals surface area contributed by atoms with E-state index in [0.29, 0.717) is 22.3 Å². The molecule has 0 aromatic heterocycles. The second-order valence-corrected chi connectivity index (χ2v) is 6.96. The maximum Gasteiger partial charge on any atom is 0.338 e. The van der Waals surface area contributed by atoms with Crippen LogP contribution >= 0.6 is 15.9 Å². The molecule has 138 valence electrons. The third kappa shape index (κ3) is 5.08. The first-order valence-corrected chi connectivity index (χ1v) is 8.92. The second-order valence-electron chi connectivity index (χ2n) is 6.11. The number of amides is 1. The number of ether oxygens (including phenoxy) is 2. The number of methoxy groups -OCH3 is 1. The van der Waals surface area contributed by atoms with Crippen molar-refractivity contribution in [2.75, 3.05) is 20.8 Å². The molecule has 0 aliphatic carbocycles. The summed E-state index contributed by atoms with van der Waals surface area (Å²) in [6.07, 6.45) is 0. The van der Waals surface area contributed by atoms with Crippen molar-refractivity contribution in [1.82, 2.24) is 4.90 Å². The van der Waals surface area contributed by atoms with Gasteiger partial charge in [0.15, 0.2) is 6.61 Å². The lowest BCUT2D eigenvalue weighted by molar-refractivity contribution is -0.133. The van der Waals surface area contributed by atoms with Crippen molar-refractivity contribution in [1.29, 1.82) is 0 Å². The maximum absolute atomic E-state index is 12.2. The van der Waals surface area contributed by atoms with Gasteiger partial charge in [0.2, 0.25) is 0 Å². The van der Waals surface area contributed by atoms with Crippen molar-refractivity contribution >= 4 is 27.8 Å². The lowest BCUT2D eigenvalue weighted by Crippen LogP contribution is -2.31. The van der Waals surface area contributed by atoms with Gasteiger partial charge in [-0.1, -0.05) is 23.8 Å². The lowest BCUT2D eigenvalue weighted by atomic mass is 10.1. The predicted molar refractivity (Wildman–Crippen MR) is 103 cm³/mol. The van der Waals surface area contributed by atoms with Crippen LogP contribution in [-0.4, -0.2) is 37.5 Å². The Kier molecular flexibility index (Phi) is 6.80. The third-order valence-electron chi connectivity index (χ3n) is 4.05. The largest absolute Gasteiger partial charge is 0.496 e. The van der Waals surface area contributed by atoms with Gasteiger partial charge in [0.1, 0.15) is 5.75 Å². The van der Waals surface area contributed by atoms with E-state index < -0.39 is 5.97 Å². The highest BCUT2D eigenvalue weighted by Gasteiger charge is 2.15. The topological polar surface area (TPSA) is 55.8 Å². The minimum atomic E-state index is -0.554. The van der Waals surface area contributed by atoms with Gasteiger partial charge in [0.05, 0.1) is 17.1 Å². The molecule has 6 heteroatoms. The Bertz CT molecular complexity index is 819. The zero-order chi connectivity index (χ0) is 19.3. The van der Waals surface area contributed by atoms with Gasteiger partial charge in [-0.05, 0) is 59.1 Å². The van der Waals surface area contributed by atoms with Crippen LogP contribution in [0.4, 0.5) is 0 Å². The number of likely N-dealkylation sites (N-methyl/N-ethyl adjacent to an activating group) is 1. The zero-order valence-electron chi connectivity index (χ0n) is 15.3. The molecule has 1 amide bonds. The molecule has 5 nitrogen and oxygen atoms in total. The summed E-state index contributed by atoms with van der Waals surface area (Å²) < 4.78 is 10.9. The van der Waals surface area contributed by atoms with Crippen LogP contribution in [0.15, 0.2) is 40.9 Å². The molecule has 0 unspecified atom stereocenters. The van der Waals surface area contributed by atoms with E-state index in [1.165, 1.54) is 5.56 Å². The normalized spacial score (nSPS) is 10.3. The molecule has 0 fully saturated rings. The van der Waals surface area contributed by atoms with Crippen molar-refractivity contribution in [3.63, 3.8) is 0 Å². The van der Waals surface area contributed by atoms with Gasteiger partial charge in [-0.2, -0.15) is 0 Å². The van der Waals surface area contributed by atoms with E-state index in [1.807, 2.05) is 26.0 Å². The lowest BCUT2D eigenvalue weighted by Gasteiger charge is -2.18. The first-order valence-electron chi connectivity index (χ1n) is 8.12. The zero-order valence-corrected chi connectivity index (χ0v) is 16.9. The summed E-state index contributed by atoms with van der Waals surface area (Å²) in [6, 6.07) is 11.0. The van der Waals surface area contributed by atoms with Gasteiger partial charge in [-0.25, -0.2) is 4.79 Å². The van der Waals surface area contributed by atoms with E-state index in [9.17, 15) is 9.59 Å². The number of nitrogens with zero attached hydrogens (tertiary/aromatic N) is 1. The average molecular weight is 420 g/mol. The molecule has 2 aromatic carbocycles. The van der Waals surface area contributed by atoms with Gasteiger partial charge in [-0.3, -0.25) is 4.79 Å². The van der Waals surface area contributed by atoms with Crippen molar-refractivity contribution in [3.8, 4) is 5.75 Å².